The molecule has 490 valence electrons. The predicted octanol–water partition coefficient (Wildman–Crippen LogP) is 2.41. The van der Waals surface area contributed by atoms with Gasteiger partial charge in [-0.25, -0.2) is 4.79 Å². The van der Waals surface area contributed by atoms with Crippen molar-refractivity contribution in [1.29, 1.82) is 5.26 Å². The average molecular weight is 1350 g/mol. The fourth-order valence-electron chi connectivity index (χ4n) is 5.93. The molecule has 0 radical (unpaired) electrons. The second-order valence-electron chi connectivity index (χ2n) is 17.7. The van der Waals surface area contributed by atoms with Crippen LogP contribution >= 0.6 is 48.6 Å². The molecule has 0 aromatic heterocycles. The van der Waals surface area contributed by atoms with Crippen LogP contribution in [0.25, 0.3) is 0 Å². The molecule has 88 heavy (non-hydrogen) atoms. The van der Waals surface area contributed by atoms with Crippen molar-refractivity contribution >= 4 is 123 Å². The van der Waals surface area contributed by atoms with Gasteiger partial charge in [0, 0.05) is 38.6 Å². The van der Waals surface area contributed by atoms with Gasteiger partial charge in [-0.05, 0) is 57.2 Å². The molecule has 3 aromatic carbocycles. The Labute approximate surface area is 564 Å². The topological polar surface area (TPSA) is 451 Å². The zero-order valence-electron chi connectivity index (χ0n) is 50.2. The number of thioether (sulfide) groups is 2. The molecule has 0 aliphatic carbocycles. The number of carboxylic acids is 3. The minimum atomic E-state index is -1.29. The molecule has 2 aliphatic heterocycles. The summed E-state index contributed by atoms with van der Waals surface area (Å²) in [6.45, 7) is 12.4. The van der Waals surface area contributed by atoms with Gasteiger partial charge in [0.2, 0.25) is 0 Å². The number of ether oxygens (including phenoxy) is 12. The number of benzene rings is 3. The third-order valence-electron chi connectivity index (χ3n) is 10.8. The summed E-state index contributed by atoms with van der Waals surface area (Å²) in [7, 11) is 4.85. The third-order valence-corrected chi connectivity index (χ3v) is 14.1. The molecule has 28 nitrogen and oxygen atoms in total. The van der Waals surface area contributed by atoms with E-state index in [2.05, 4.69) is 22.6 Å². The third kappa shape index (κ3) is 35.0. The smallest absolute Gasteiger partial charge is 0.870 e. The quantitative estimate of drug-likeness (QED) is 0.0250. The van der Waals surface area contributed by atoms with Gasteiger partial charge in [-0.2, -0.15) is 17.9 Å². The van der Waals surface area contributed by atoms with Crippen molar-refractivity contribution in [2.45, 2.75) is 37.4 Å². The molecule has 0 unspecified atom stereocenters. The molecule has 0 amide bonds. The summed E-state index contributed by atoms with van der Waals surface area (Å²) in [5, 5.41) is 69.0. The van der Waals surface area contributed by atoms with Crippen molar-refractivity contribution in [2.75, 3.05) is 158 Å². The van der Waals surface area contributed by atoms with Gasteiger partial charge in [0.25, 0.3) is 0 Å². The monoisotopic (exact) mass is 1350 g/mol. The summed E-state index contributed by atoms with van der Waals surface area (Å²) in [4.78, 5) is 41.1. The number of carboxylic acid groups (broad SMARTS) is 3. The number of thiol groups is 1. The molecule has 34 heteroatoms. The van der Waals surface area contributed by atoms with E-state index in [0.717, 1.165) is 0 Å². The average Bonchev–Trinajstić information content (AvgIpc) is 2.01. The molecule has 0 saturated carbocycles. The van der Waals surface area contributed by atoms with Crippen LogP contribution in [0.4, 0.5) is 0 Å². The van der Waals surface area contributed by atoms with Gasteiger partial charge in [-0.3, -0.25) is 14.8 Å². The van der Waals surface area contributed by atoms with Crippen LogP contribution in [0.5, 0.6) is 34.5 Å². The van der Waals surface area contributed by atoms with E-state index >= 15 is 0 Å². The molecular weight excluding hydrogens is 1270 g/mol. The molecule has 0 saturated heterocycles. The number of carbonyl (C=O) groups is 3. The van der Waals surface area contributed by atoms with Crippen molar-refractivity contribution in [1.82, 2.24) is 0 Å². The van der Waals surface area contributed by atoms with Gasteiger partial charge < -0.3 is 114 Å². The maximum atomic E-state index is 11.3. The summed E-state index contributed by atoms with van der Waals surface area (Å²) in [6.07, 6.45) is 0. The summed E-state index contributed by atoms with van der Waals surface area (Å²) in [6, 6.07) is 16.7. The second kappa shape index (κ2) is 52.7. The number of aliphatic imine (C=N–C) groups is 2. The van der Waals surface area contributed by atoms with Gasteiger partial charge in [-0.15, -0.1) is 35.9 Å². The van der Waals surface area contributed by atoms with Crippen LogP contribution < -0.4 is 25.1 Å². The van der Waals surface area contributed by atoms with Crippen LogP contribution in [0.3, 0.4) is 0 Å². The number of carbonyl (C=O) groups excluding carboxylic acids is 1. The van der Waals surface area contributed by atoms with Crippen LogP contribution in [0, 0.1) is 11.3 Å². The van der Waals surface area contributed by atoms with Crippen LogP contribution in [-0.4, -0.2) is 290 Å². The maximum absolute atomic E-state index is 11.3. The Kier molecular flexibility index (Phi) is 55.5. The number of aliphatic carboxylic acids is 3. The number of rotatable bonds is 36. The van der Waals surface area contributed by atoms with Crippen LogP contribution in [0.1, 0.15) is 37.5 Å². The summed E-state index contributed by atoms with van der Waals surface area (Å²) in [5.74, 6) is -1.90. The van der Waals surface area contributed by atoms with Gasteiger partial charge in [0.1, 0.15) is 47.1 Å². The predicted molar refractivity (Wildman–Crippen MR) is 332 cm³/mol. The minimum absolute atomic E-state index is 0. The van der Waals surface area contributed by atoms with Crippen molar-refractivity contribution in [3.8, 4) is 40.6 Å². The van der Waals surface area contributed by atoms with Crippen LogP contribution in [0.15, 0.2) is 64.6 Å². The molecule has 2 aliphatic rings. The van der Waals surface area contributed by atoms with E-state index in [0.29, 0.717) is 138 Å². The summed E-state index contributed by atoms with van der Waals surface area (Å²) < 4.78 is 62.9. The number of nitrogens with two attached hydrogens (primary N) is 1. The minimum Gasteiger partial charge on any atom is -0.870 e. The van der Waals surface area contributed by atoms with E-state index in [1.165, 1.54) is 43.4 Å². The number of hydrogen-bond acceptors (Lipinski definition) is 29. The van der Waals surface area contributed by atoms with Gasteiger partial charge in [-0.1, -0.05) is 18.2 Å². The molecule has 2 heterocycles. The number of nitriles is 1. The summed E-state index contributed by atoms with van der Waals surface area (Å²) >= 11 is 6.30. The van der Waals surface area contributed by atoms with Crippen molar-refractivity contribution in [3.05, 3.63) is 71.3 Å². The Morgan fingerprint density at radius 2 is 0.898 bits per heavy atom. The fraction of sp³-hybridized carbons (Fsp3) is 0.556. The fourth-order valence-corrected chi connectivity index (χ4v) is 8.44. The zero-order valence-corrected chi connectivity index (χ0v) is 56.3. The van der Waals surface area contributed by atoms with Gasteiger partial charge in [0.15, 0.2) is 40.0 Å². The Morgan fingerprint density at radius 1 is 0.591 bits per heavy atom. The number of para-hydroxylation sites is 3. The number of halogens is 1. The van der Waals surface area contributed by atoms with E-state index in [4.69, 9.17) is 72.9 Å². The number of phenols is 3. The van der Waals surface area contributed by atoms with Gasteiger partial charge >= 0.3 is 58.0 Å². The molecule has 3 aromatic rings. The first-order valence-corrected chi connectivity index (χ1v) is 28.1. The first kappa shape index (κ1) is 92.8. The number of hydrogen-bond donors (Lipinski definition) is 7. The zero-order chi connectivity index (χ0) is 60.8. The Bertz CT molecular complexity index is 2400. The SMILES string of the molecule is COCCOCCOCCOc1cccc(C#N)c1O.COCCOCCOCCOc1cccc(C2=N[C@@](C)(C(=O)O)CS2)c1O.COCCOCCOCCOc1cccc(C2=N[C@@](C)(C(=O)[O-])CS2)c1O.C[C@@](N)(CS)C(=O)O.Cl.[Mg+2].[Mg+2].[OH-].[OH-].[OH-]. The number of methoxy groups -OCH3 is 3. The van der Waals surface area contributed by atoms with Gasteiger partial charge in [0.05, 0.1) is 122 Å². The number of nitrogens with zero attached hydrogens (tertiary/aromatic N) is 3. The molecule has 5 rings (SSSR count). The normalized spacial score (nSPS) is 15.6. The largest absolute Gasteiger partial charge is 2.00 e. The molecule has 0 spiro atoms. The van der Waals surface area contributed by atoms with Crippen molar-refractivity contribution in [3.63, 3.8) is 0 Å². The van der Waals surface area contributed by atoms with E-state index in [-0.39, 0.29) is 134 Å². The molecule has 0 bridgehead atoms. The Hall–Kier alpha value is -3.95. The van der Waals surface area contributed by atoms with E-state index in [1.807, 2.05) is 6.07 Å². The Balaban J connectivity index is -0.000000360. The van der Waals surface area contributed by atoms with E-state index < -0.39 is 34.5 Å². The Morgan fingerprint density at radius 3 is 1.17 bits per heavy atom. The van der Waals surface area contributed by atoms with Crippen LogP contribution in [0.2, 0.25) is 0 Å². The van der Waals surface area contributed by atoms with E-state index in [9.17, 15) is 39.9 Å². The molecular formula is C54H81ClMg2N4O24S3. The maximum Gasteiger partial charge on any atom is 2.00 e. The molecule has 0 fully saturated rings. The van der Waals surface area contributed by atoms with Crippen molar-refractivity contribution < 1.29 is 118 Å². The summed E-state index contributed by atoms with van der Waals surface area (Å²) in [5.41, 5.74) is 2.64. The number of phenolic OH excluding ortho intramolecular Hbond substituents is 3. The first-order valence-electron chi connectivity index (χ1n) is 25.5. The molecule has 10 N–H and O–H groups in total. The van der Waals surface area contributed by atoms with Crippen molar-refractivity contribution in [2.24, 2.45) is 15.7 Å². The standard InChI is InChI=1S/2C18H25NO7S.C14H19NO5.C4H9NO2S.ClH.2Mg.3H2O/c2*1-18(17(21)22)12-27-16(19-18)13-4-3-5-14(15(13)20)26-11-10-25-9-8-24-7-6-23-2;1-17-5-6-18-7-8-19-9-10-20-13-4-2-3-12(11-15)14(13)16;1-4(5,2-8)3(6)7;;;;;;/h2*3-5,20H,6-12H2,1-2H3,(H,21,22);2-4,16H,5-10H2,1H3;8H,2,5H2,1H3,(H,6,7);1H;;;3*1H2/q;;;;;2*+2;;;/p-4/t2*18-;;4-;;;;;;/m11.1....../s1. The number of aromatic hydroxyl groups is 3. The second-order valence-corrected chi connectivity index (χ2v) is 19.9. The van der Waals surface area contributed by atoms with Crippen LogP contribution in [-0.2, 0) is 57.0 Å². The first-order chi connectivity index (χ1) is 39.2. The molecule has 3 atom stereocenters. The van der Waals surface area contributed by atoms with E-state index in [1.54, 1.807) is 76.8 Å².